The molecule has 0 spiro atoms. The molecule has 5 aromatic rings. The summed E-state index contributed by atoms with van der Waals surface area (Å²) in [7, 11) is 0. The molecule has 0 bridgehead atoms. The van der Waals surface area contributed by atoms with Gasteiger partial charge in [0.15, 0.2) is 0 Å². The molecule has 2 aromatic heterocycles. The van der Waals surface area contributed by atoms with Crippen molar-refractivity contribution in [2.45, 2.75) is 106 Å². The lowest BCUT2D eigenvalue weighted by Gasteiger charge is -2.25. The van der Waals surface area contributed by atoms with Gasteiger partial charge in [-0.05, 0) is 131 Å². The third kappa shape index (κ3) is 7.70. The molecular formula is C41H51BrN2O3. The van der Waals surface area contributed by atoms with Crippen molar-refractivity contribution < 1.29 is 13.9 Å². The van der Waals surface area contributed by atoms with Gasteiger partial charge in [0.05, 0.1) is 19.5 Å². The number of benzene rings is 3. The summed E-state index contributed by atoms with van der Waals surface area (Å²) in [6.07, 6.45) is 4.21. The number of ether oxygens (including phenoxy) is 2. The minimum Gasteiger partial charge on any atom is -0.493 e. The van der Waals surface area contributed by atoms with Crippen LogP contribution in [-0.2, 0) is 24.3 Å². The molecule has 0 atom stereocenters. The van der Waals surface area contributed by atoms with Crippen molar-refractivity contribution in [2.75, 3.05) is 13.2 Å². The predicted molar refractivity (Wildman–Crippen MR) is 198 cm³/mol. The Morgan fingerprint density at radius 1 is 0.809 bits per heavy atom. The molecule has 0 aliphatic carbocycles. The van der Waals surface area contributed by atoms with Gasteiger partial charge in [-0.1, -0.05) is 59.7 Å². The zero-order chi connectivity index (χ0) is 33.8. The first-order valence-corrected chi connectivity index (χ1v) is 17.9. The van der Waals surface area contributed by atoms with Crippen LogP contribution in [0, 0.1) is 20.8 Å². The molecule has 0 radical (unpaired) electrons. The molecule has 0 saturated carbocycles. The van der Waals surface area contributed by atoms with Crippen LogP contribution < -0.4 is 4.74 Å². The fourth-order valence-electron chi connectivity index (χ4n) is 6.63. The second kappa shape index (κ2) is 15.3. The van der Waals surface area contributed by atoms with Crippen LogP contribution >= 0.6 is 15.9 Å². The Balaban J connectivity index is 1.33. The molecule has 6 heteroatoms. The molecule has 5 nitrogen and oxygen atoms in total. The molecule has 2 heterocycles. The molecule has 47 heavy (non-hydrogen) atoms. The number of hydrogen-bond donors (Lipinski definition) is 0. The van der Waals surface area contributed by atoms with Crippen LogP contribution in [0.2, 0.25) is 0 Å². The zero-order valence-corrected chi connectivity index (χ0v) is 31.3. The topological polar surface area (TPSA) is 49.4 Å². The van der Waals surface area contributed by atoms with Gasteiger partial charge in [0, 0.05) is 22.9 Å². The largest absolute Gasteiger partial charge is 0.493 e. The van der Waals surface area contributed by atoms with Gasteiger partial charge in [0.2, 0.25) is 0 Å². The standard InChI is InChI=1S/C41H51BrN2O3/c1-25(2)34-15-17-36(39(27(5)6)38(34)26(3)4)46-20-10-11-37-43-40(33-14-16-35-32(23-33)19-22-47-35)41(42)44(37)24-45-21-18-31-13-12-28(7)29(8)30(31)9/h12-17,19,22-23,25-27H,10-11,18,20-21,24H2,1-9H3. The highest BCUT2D eigenvalue weighted by Crippen LogP contribution is 2.39. The smallest absolute Gasteiger partial charge is 0.133 e. The third-order valence-electron chi connectivity index (χ3n) is 9.48. The molecule has 0 saturated heterocycles. The highest BCUT2D eigenvalue weighted by Gasteiger charge is 2.22. The average molecular weight is 700 g/mol. The summed E-state index contributed by atoms with van der Waals surface area (Å²) in [6, 6.07) is 17.1. The number of hydrogen-bond acceptors (Lipinski definition) is 4. The van der Waals surface area contributed by atoms with Gasteiger partial charge in [-0.2, -0.15) is 0 Å². The number of fused-ring (bicyclic) bond motifs is 1. The van der Waals surface area contributed by atoms with E-state index in [4.69, 9.17) is 18.9 Å². The predicted octanol–water partition coefficient (Wildman–Crippen LogP) is 11.6. The first-order valence-electron chi connectivity index (χ1n) is 17.1. The van der Waals surface area contributed by atoms with Gasteiger partial charge in [-0.25, -0.2) is 4.98 Å². The van der Waals surface area contributed by atoms with Crippen LogP contribution in [0.5, 0.6) is 5.75 Å². The van der Waals surface area contributed by atoms with Crippen LogP contribution in [0.4, 0.5) is 0 Å². The van der Waals surface area contributed by atoms with E-state index in [0.29, 0.717) is 37.7 Å². The first kappa shape index (κ1) is 35.0. The van der Waals surface area contributed by atoms with Crippen molar-refractivity contribution in [1.29, 1.82) is 0 Å². The van der Waals surface area contributed by atoms with Crippen LogP contribution in [0.1, 0.15) is 110 Å². The third-order valence-corrected chi connectivity index (χ3v) is 10.3. The Hall–Kier alpha value is -3.35. The van der Waals surface area contributed by atoms with E-state index < -0.39 is 0 Å². The van der Waals surface area contributed by atoms with Gasteiger partial charge in [0.1, 0.15) is 34.2 Å². The Bertz CT molecular complexity index is 1830. The van der Waals surface area contributed by atoms with E-state index in [2.05, 4.69) is 119 Å². The Morgan fingerprint density at radius 3 is 2.30 bits per heavy atom. The van der Waals surface area contributed by atoms with Crippen molar-refractivity contribution in [3.63, 3.8) is 0 Å². The van der Waals surface area contributed by atoms with Crippen LogP contribution in [0.25, 0.3) is 22.2 Å². The van der Waals surface area contributed by atoms with E-state index in [-0.39, 0.29) is 0 Å². The van der Waals surface area contributed by atoms with E-state index in [9.17, 15) is 0 Å². The van der Waals surface area contributed by atoms with Crippen molar-refractivity contribution in [2.24, 2.45) is 0 Å². The van der Waals surface area contributed by atoms with Gasteiger partial charge in [-0.15, -0.1) is 0 Å². The number of imidazole rings is 1. The van der Waals surface area contributed by atoms with Crippen molar-refractivity contribution >= 4 is 26.9 Å². The number of aryl methyl sites for hydroxylation is 2. The number of rotatable bonds is 14. The molecule has 0 N–H and O–H groups in total. The maximum atomic E-state index is 6.53. The minimum absolute atomic E-state index is 0.385. The Morgan fingerprint density at radius 2 is 1.57 bits per heavy atom. The molecule has 3 aromatic carbocycles. The van der Waals surface area contributed by atoms with Gasteiger partial charge < -0.3 is 13.9 Å². The van der Waals surface area contributed by atoms with Crippen LogP contribution in [0.3, 0.4) is 0 Å². The normalized spacial score (nSPS) is 11.9. The van der Waals surface area contributed by atoms with E-state index >= 15 is 0 Å². The molecule has 250 valence electrons. The molecule has 0 fully saturated rings. The lowest BCUT2D eigenvalue weighted by atomic mass is 9.83. The van der Waals surface area contributed by atoms with E-state index in [0.717, 1.165) is 57.7 Å². The monoisotopic (exact) mass is 698 g/mol. The lowest BCUT2D eigenvalue weighted by Crippen LogP contribution is -2.12. The van der Waals surface area contributed by atoms with E-state index in [1.165, 1.54) is 38.9 Å². The molecular weight excluding hydrogens is 648 g/mol. The number of furan rings is 1. The van der Waals surface area contributed by atoms with Crippen molar-refractivity contribution in [3.8, 4) is 17.0 Å². The Kier molecular flexibility index (Phi) is 11.3. The van der Waals surface area contributed by atoms with Crippen molar-refractivity contribution in [3.05, 3.63) is 104 Å². The molecule has 0 unspecified atom stereocenters. The van der Waals surface area contributed by atoms with E-state index in [1.54, 1.807) is 6.26 Å². The highest BCUT2D eigenvalue weighted by atomic mass is 79.9. The highest BCUT2D eigenvalue weighted by molar-refractivity contribution is 9.10. The summed E-state index contributed by atoms with van der Waals surface area (Å²) < 4.78 is 21.5. The number of nitrogens with zero attached hydrogens (tertiary/aromatic N) is 2. The number of halogens is 1. The summed E-state index contributed by atoms with van der Waals surface area (Å²) in [6.45, 7) is 21.9. The summed E-state index contributed by atoms with van der Waals surface area (Å²) in [5.41, 5.74) is 12.4. The zero-order valence-electron chi connectivity index (χ0n) is 29.7. The second-order valence-corrected chi connectivity index (χ2v) is 14.5. The SMILES string of the molecule is Cc1ccc(CCOCn2c(CCCOc3ccc(C(C)C)c(C(C)C)c3C(C)C)nc(-c3ccc4occc4c3)c2Br)c(C)c1C. The fourth-order valence-corrected chi connectivity index (χ4v) is 7.26. The van der Waals surface area contributed by atoms with Gasteiger partial charge in [-0.3, -0.25) is 4.57 Å². The first-order chi connectivity index (χ1) is 22.5. The van der Waals surface area contributed by atoms with E-state index in [1.807, 2.05) is 12.1 Å². The van der Waals surface area contributed by atoms with Gasteiger partial charge in [0.25, 0.3) is 0 Å². The number of aromatic nitrogens is 2. The van der Waals surface area contributed by atoms with Crippen molar-refractivity contribution in [1.82, 2.24) is 9.55 Å². The van der Waals surface area contributed by atoms with Gasteiger partial charge >= 0.3 is 0 Å². The molecule has 5 rings (SSSR count). The fraction of sp³-hybridized carbons (Fsp3) is 0.439. The molecule has 0 amide bonds. The Labute approximate surface area is 289 Å². The second-order valence-electron chi connectivity index (χ2n) is 13.7. The molecule has 0 aliphatic heterocycles. The quantitative estimate of drug-likeness (QED) is 0.108. The molecule has 0 aliphatic rings. The summed E-state index contributed by atoms with van der Waals surface area (Å²) in [5, 5.41) is 1.06. The van der Waals surface area contributed by atoms with Crippen LogP contribution in [0.15, 0.2) is 63.8 Å². The summed E-state index contributed by atoms with van der Waals surface area (Å²) in [4.78, 5) is 5.15. The summed E-state index contributed by atoms with van der Waals surface area (Å²) >= 11 is 3.90. The maximum Gasteiger partial charge on any atom is 0.133 e. The summed E-state index contributed by atoms with van der Waals surface area (Å²) in [5.74, 6) is 3.29. The average Bonchev–Trinajstić information content (AvgIpc) is 3.64. The lowest BCUT2D eigenvalue weighted by molar-refractivity contribution is 0.0758. The minimum atomic E-state index is 0.385. The van der Waals surface area contributed by atoms with Crippen LogP contribution in [-0.4, -0.2) is 22.8 Å². The maximum absolute atomic E-state index is 6.53.